The molecule has 7 heteroatoms. The molecule has 2 aromatic carbocycles. The summed E-state index contributed by atoms with van der Waals surface area (Å²) in [5.41, 5.74) is 1.34. The molecular weight excluding hydrogens is 368 g/mol. The molecule has 0 fully saturated rings. The third-order valence-electron chi connectivity index (χ3n) is 3.33. The van der Waals surface area contributed by atoms with Crippen molar-refractivity contribution in [2.75, 3.05) is 13.2 Å². The van der Waals surface area contributed by atoms with Gasteiger partial charge in [0, 0.05) is 16.6 Å². The van der Waals surface area contributed by atoms with Crippen molar-refractivity contribution < 1.29 is 18.7 Å². The van der Waals surface area contributed by atoms with Crippen molar-refractivity contribution in [1.82, 2.24) is 5.32 Å². The van der Waals surface area contributed by atoms with Gasteiger partial charge in [0.25, 0.3) is 5.91 Å². The van der Waals surface area contributed by atoms with E-state index in [1.54, 1.807) is 24.3 Å². The van der Waals surface area contributed by atoms with Crippen LogP contribution in [0.2, 0.25) is 10.0 Å². The minimum Gasteiger partial charge on any atom is -0.455 e. The Bertz CT molecular complexity index is 768. The number of esters is 1. The van der Waals surface area contributed by atoms with E-state index in [0.29, 0.717) is 28.6 Å². The molecule has 0 heterocycles. The van der Waals surface area contributed by atoms with Crippen LogP contribution in [0, 0.1) is 5.82 Å². The second kappa shape index (κ2) is 9.39. The molecule has 0 saturated carbocycles. The standard InChI is InChI=1S/C18H16Cl2FNO3/c19-14-5-4-13(16(20)10-14)6-7-22-17(23)11-25-18(24)9-12-2-1-3-15(21)8-12/h1-5,8,10H,6-7,9,11H2,(H,22,23). The van der Waals surface area contributed by atoms with Gasteiger partial charge in [-0.1, -0.05) is 41.4 Å². The molecule has 1 N–H and O–H groups in total. The zero-order chi connectivity index (χ0) is 18.2. The summed E-state index contributed by atoms with van der Waals surface area (Å²) in [7, 11) is 0. The van der Waals surface area contributed by atoms with Crippen LogP contribution in [-0.4, -0.2) is 25.0 Å². The van der Waals surface area contributed by atoms with Gasteiger partial charge in [-0.25, -0.2) is 4.39 Å². The summed E-state index contributed by atoms with van der Waals surface area (Å²) in [6.45, 7) is -0.0376. The fourth-order valence-electron chi connectivity index (χ4n) is 2.12. The van der Waals surface area contributed by atoms with Crippen LogP contribution >= 0.6 is 23.2 Å². The number of benzene rings is 2. The molecule has 0 atom stereocenters. The molecule has 0 aliphatic heterocycles. The molecule has 4 nitrogen and oxygen atoms in total. The van der Waals surface area contributed by atoms with E-state index in [4.69, 9.17) is 27.9 Å². The molecule has 0 aromatic heterocycles. The summed E-state index contributed by atoms with van der Waals surface area (Å²) >= 11 is 11.9. The lowest BCUT2D eigenvalue weighted by molar-refractivity contribution is -0.147. The first-order chi connectivity index (χ1) is 11.9. The number of rotatable bonds is 7. The minimum absolute atomic E-state index is 0.0918. The van der Waals surface area contributed by atoms with Gasteiger partial charge in [-0.15, -0.1) is 0 Å². The Hall–Kier alpha value is -2.11. The highest BCUT2D eigenvalue weighted by Gasteiger charge is 2.09. The summed E-state index contributed by atoms with van der Waals surface area (Å²) in [6, 6.07) is 10.8. The fraction of sp³-hybridized carbons (Fsp3) is 0.222. The van der Waals surface area contributed by atoms with E-state index in [2.05, 4.69) is 5.32 Å². The number of hydrogen-bond donors (Lipinski definition) is 1. The molecule has 25 heavy (non-hydrogen) atoms. The lowest BCUT2D eigenvalue weighted by Gasteiger charge is -2.08. The molecule has 1 amide bonds. The average Bonchev–Trinajstić information content (AvgIpc) is 2.55. The van der Waals surface area contributed by atoms with Crippen molar-refractivity contribution in [3.05, 3.63) is 69.5 Å². The van der Waals surface area contributed by atoms with Crippen LogP contribution < -0.4 is 5.32 Å². The number of halogens is 3. The number of carbonyl (C=O) groups is 2. The molecule has 132 valence electrons. The van der Waals surface area contributed by atoms with Gasteiger partial charge in [0.2, 0.25) is 0 Å². The van der Waals surface area contributed by atoms with Crippen molar-refractivity contribution in [3.8, 4) is 0 Å². The van der Waals surface area contributed by atoms with Crippen molar-refractivity contribution in [2.24, 2.45) is 0 Å². The Morgan fingerprint density at radius 2 is 1.92 bits per heavy atom. The fourth-order valence-corrected chi connectivity index (χ4v) is 2.63. The first-order valence-electron chi connectivity index (χ1n) is 7.55. The number of ether oxygens (including phenoxy) is 1. The summed E-state index contributed by atoms with van der Waals surface area (Å²) in [5, 5.41) is 3.71. The Labute approximate surface area is 154 Å². The van der Waals surface area contributed by atoms with Gasteiger partial charge in [0.15, 0.2) is 6.61 Å². The Morgan fingerprint density at radius 3 is 2.64 bits per heavy atom. The quantitative estimate of drug-likeness (QED) is 0.743. The summed E-state index contributed by atoms with van der Waals surface area (Å²) in [4.78, 5) is 23.3. The van der Waals surface area contributed by atoms with E-state index in [1.807, 2.05) is 0 Å². The van der Waals surface area contributed by atoms with E-state index in [0.717, 1.165) is 5.56 Å². The normalized spacial score (nSPS) is 10.4. The molecule has 2 aromatic rings. The zero-order valence-electron chi connectivity index (χ0n) is 13.2. The summed E-state index contributed by atoms with van der Waals surface area (Å²) in [6.07, 6.45) is 0.435. The topological polar surface area (TPSA) is 55.4 Å². The van der Waals surface area contributed by atoms with Gasteiger partial charge in [-0.05, 0) is 41.8 Å². The Morgan fingerprint density at radius 1 is 1.12 bits per heavy atom. The van der Waals surface area contributed by atoms with Gasteiger partial charge < -0.3 is 10.1 Å². The highest BCUT2D eigenvalue weighted by molar-refractivity contribution is 6.35. The maximum absolute atomic E-state index is 13.0. The van der Waals surface area contributed by atoms with E-state index >= 15 is 0 Å². The SMILES string of the molecule is O=C(COC(=O)Cc1cccc(F)c1)NCCc1ccc(Cl)cc1Cl. The van der Waals surface area contributed by atoms with Crippen molar-refractivity contribution in [1.29, 1.82) is 0 Å². The van der Waals surface area contributed by atoms with E-state index in [1.165, 1.54) is 18.2 Å². The number of carbonyl (C=O) groups excluding carboxylic acids is 2. The lowest BCUT2D eigenvalue weighted by Crippen LogP contribution is -2.30. The average molecular weight is 384 g/mol. The highest BCUT2D eigenvalue weighted by atomic mass is 35.5. The largest absolute Gasteiger partial charge is 0.455 e. The van der Waals surface area contributed by atoms with Crippen LogP contribution in [0.5, 0.6) is 0 Å². The van der Waals surface area contributed by atoms with Gasteiger partial charge in [-0.3, -0.25) is 9.59 Å². The monoisotopic (exact) mass is 383 g/mol. The van der Waals surface area contributed by atoms with E-state index < -0.39 is 17.7 Å². The van der Waals surface area contributed by atoms with Crippen LogP contribution in [0.25, 0.3) is 0 Å². The third-order valence-corrected chi connectivity index (χ3v) is 3.92. The van der Waals surface area contributed by atoms with Crippen LogP contribution in [-0.2, 0) is 27.2 Å². The Kier molecular flexibility index (Phi) is 7.22. The van der Waals surface area contributed by atoms with Crippen molar-refractivity contribution >= 4 is 35.1 Å². The molecule has 0 saturated heterocycles. The molecule has 0 aliphatic rings. The summed E-state index contributed by atoms with van der Waals surface area (Å²) in [5.74, 6) is -1.44. The number of amides is 1. The van der Waals surface area contributed by atoms with E-state index in [9.17, 15) is 14.0 Å². The number of nitrogens with one attached hydrogen (secondary N) is 1. The highest BCUT2D eigenvalue weighted by Crippen LogP contribution is 2.21. The number of hydrogen-bond acceptors (Lipinski definition) is 3. The second-order valence-electron chi connectivity index (χ2n) is 5.30. The maximum Gasteiger partial charge on any atom is 0.310 e. The van der Waals surface area contributed by atoms with E-state index in [-0.39, 0.29) is 13.0 Å². The van der Waals surface area contributed by atoms with Crippen molar-refractivity contribution in [2.45, 2.75) is 12.8 Å². The maximum atomic E-state index is 13.0. The van der Waals surface area contributed by atoms with Crippen LogP contribution in [0.4, 0.5) is 4.39 Å². The van der Waals surface area contributed by atoms with Crippen LogP contribution in [0.15, 0.2) is 42.5 Å². The molecule has 0 aliphatic carbocycles. The predicted molar refractivity (Wildman–Crippen MR) is 94.2 cm³/mol. The van der Waals surface area contributed by atoms with Crippen LogP contribution in [0.1, 0.15) is 11.1 Å². The second-order valence-corrected chi connectivity index (χ2v) is 6.15. The minimum atomic E-state index is -0.596. The van der Waals surface area contributed by atoms with Gasteiger partial charge >= 0.3 is 5.97 Å². The molecular formula is C18H16Cl2FNO3. The Balaban J connectivity index is 1.69. The predicted octanol–water partition coefficient (Wildman–Crippen LogP) is 3.58. The van der Waals surface area contributed by atoms with Gasteiger partial charge in [0.1, 0.15) is 5.82 Å². The van der Waals surface area contributed by atoms with Gasteiger partial charge in [0.05, 0.1) is 6.42 Å². The smallest absolute Gasteiger partial charge is 0.310 e. The first kappa shape index (κ1) is 19.2. The van der Waals surface area contributed by atoms with Crippen molar-refractivity contribution in [3.63, 3.8) is 0 Å². The van der Waals surface area contributed by atoms with Gasteiger partial charge in [-0.2, -0.15) is 0 Å². The first-order valence-corrected chi connectivity index (χ1v) is 8.30. The molecule has 0 unspecified atom stereocenters. The van der Waals surface area contributed by atoms with Crippen LogP contribution in [0.3, 0.4) is 0 Å². The third kappa shape index (κ3) is 6.72. The molecule has 0 radical (unpaired) electrons. The summed E-state index contributed by atoms with van der Waals surface area (Å²) < 4.78 is 17.9. The zero-order valence-corrected chi connectivity index (χ0v) is 14.7. The lowest BCUT2D eigenvalue weighted by atomic mass is 10.1. The molecule has 0 bridgehead atoms. The molecule has 0 spiro atoms. The molecule has 2 rings (SSSR count).